The SMILES string of the molecule is COCC(=O)N(CC[C@H](N)CF)C(c1nc(-c2cc(F)ccc2F)nn1Cc1ccccc1)C(C)(C)C. The van der Waals surface area contributed by atoms with Crippen LogP contribution in [-0.2, 0) is 16.1 Å². The molecule has 0 radical (unpaired) electrons. The summed E-state index contributed by atoms with van der Waals surface area (Å²) in [6.45, 7) is 5.31. The van der Waals surface area contributed by atoms with E-state index in [0.29, 0.717) is 5.82 Å². The third kappa shape index (κ3) is 7.17. The molecule has 0 aliphatic rings. The number of hydrogen-bond donors (Lipinski definition) is 1. The Bertz CT molecular complexity index is 1180. The van der Waals surface area contributed by atoms with Crippen molar-refractivity contribution in [1.82, 2.24) is 19.7 Å². The van der Waals surface area contributed by atoms with Gasteiger partial charge in [-0.1, -0.05) is 51.1 Å². The number of ether oxygens (including phenoxy) is 1. The zero-order chi connectivity index (χ0) is 27.2. The van der Waals surface area contributed by atoms with Crippen LogP contribution in [0.15, 0.2) is 48.5 Å². The zero-order valence-corrected chi connectivity index (χ0v) is 21.6. The first-order chi connectivity index (χ1) is 17.5. The summed E-state index contributed by atoms with van der Waals surface area (Å²) in [5.41, 5.74) is 6.07. The van der Waals surface area contributed by atoms with Crippen LogP contribution >= 0.6 is 0 Å². The molecule has 10 heteroatoms. The molecule has 0 spiro atoms. The van der Waals surface area contributed by atoms with E-state index in [1.165, 1.54) is 7.11 Å². The number of halogens is 3. The Morgan fingerprint density at radius 1 is 1.16 bits per heavy atom. The van der Waals surface area contributed by atoms with Gasteiger partial charge in [0.2, 0.25) is 5.91 Å². The lowest BCUT2D eigenvalue weighted by atomic mass is 9.84. The van der Waals surface area contributed by atoms with Crippen LogP contribution < -0.4 is 5.73 Å². The Hall–Kier alpha value is -3.24. The summed E-state index contributed by atoms with van der Waals surface area (Å²) in [5, 5.41) is 4.56. The minimum atomic E-state index is -0.738. The Labute approximate surface area is 215 Å². The van der Waals surface area contributed by atoms with Gasteiger partial charge in [-0.3, -0.25) is 4.79 Å². The lowest BCUT2D eigenvalue weighted by Crippen LogP contribution is -2.46. The van der Waals surface area contributed by atoms with Crippen molar-refractivity contribution in [3.8, 4) is 11.4 Å². The first-order valence-electron chi connectivity index (χ1n) is 12.1. The molecule has 7 nitrogen and oxygen atoms in total. The molecular formula is C27H34F3N5O2. The van der Waals surface area contributed by atoms with Crippen LogP contribution in [0.5, 0.6) is 0 Å². The Kier molecular flexibility index (Phi) is 9.45. The average Bonchev–Trinajstić information content (AvgIpc) is 3.25. The number of carbonyl (C=O) groups is 1. The maximum absolute atomic E-state index is 14.7. The highest BCUT2D eigenvalue weighted by Gasteiger charge is 2.39. The van der Waals surface area contributed by atoms with Crippen LogP contribution in [0, 0.1) is 17.0 Å². The maximum atomic E-state index is 14.7. The number of amides is 1. The van der Waals surface area contributed by atoms with Gasteiger partial charge in [-0.25, -0.2) is 22.8 Å². The molecule has 1 unspecified atom stereocenters. The van der Waals surface area contributed by atoms with E-state index < -0.39 is 35.8 Å². The molecule has 37 heavy (non-hydrogen) atoms. The number of hydrogen-bond acceptors (Lipinski definition) is 5. The fraction of sp³-hybridized carbons (Fsp3) is 0.444. The molecule has 3 rings (SSSR count). The quantitative estimate of drug-likeness (QED) is 0.404. The van der Waals surface area contributed by atoms with Crippen LogP contribution in [0.2, 0.25) is 0 Å². The van der Waals surface area contributed by atoms with Gasteiger partial charge in [0.05, 0.1) is 18.2 Å². The molecule has 1 aromatic heterocycles. The second-order valence-electron chi connectivity index (χ2n) is 10.1. The van der Waals surface area contributed by atoms with Crippen LogP contribution in [-0.4, -0.2) is 58.5 Å². The Morgan fingerprint density at radius 2 is 1.86 bits per heavy atom. The van der Waals surface area contributed by atoms with Crippen molar-refractivity contribution in [3.63, 3.8) is 0 Å². The van der Waals surface area contributed by atoms with E-state index in [1.54, 1.807) is 9.58 Å². The summed E-state index contributed by atoms with van der Waals surface area (Å²) in [5.74, 6) is -1.24. The van der Waals surface area contributed by atoms with E-state index in [0.717, 1.165) is 23.8 Å². The van der Waals surface area contributed by atoms with Crippen molar-refractivity contribution < 1.29 is 22.7 Å². The van der Waals surface area contributed by atoms with E-state index in [4.69, 9.17) is 10.5 Å². The predicted molar refractivity (Wildman–Crippen MR) is 135 cm³/mol. The molecule has 0 aliphatic heterocycles. The molecular weight excluding hydrogens is 483 g/mol. The number of aromatic nitrogens is 3. The third-order valence-electron chi connectivity index (χ3n) is 5.95. The first-order valence-corrected chi connectivity index (χ1v) is 12.1. The Balaban J connectivity index is 2.19. The predicted octanol–water partition coefficient (Wildman–Crippen LogP) is 4.52. The number of carbonyl (C=O) groups excluding carboxylic acids is 1. The van der Waals surface area contributed by atoms with Gasteiger partial charge in [0.15, 0.2) is 11.6 Å². The largest absolute Gasteiger partial charge is 0.375 e. The number of nitrogens with two attached hydrogens (primary N) is 1. The van der Waals surface area contributed by atoms with E-state index in [-0.39, 0.29) is 43.4 Å². The van der Waals surface area contributed by atoms with Gasteiger partial charge < -0.3 is 15.4 Å². The number of benzene rings is 2. The summed E-state index contributed by atoms with van der Waals surface area (Å²) in [7, 11) is 1.41. The number of alkyl halides is 1. The van der Waals surface area contributed by atoms with E-state index in [9.17, 15) is 18.0 Å². The highest BCUT2D eigenvalue weighted by atomic mass is 19.1. The molecule has 0 saturated heterocycles. The second-order valence-corrected chi connectivity index (χ2v) is 10.1. The fourth-order valence-corrected chi connectivity index (χ4v) is 4.19. The smallest absolute Gasteiger partial charge is 0.249 e. The topological polar surface area (TPSA) is 86.3 Å². The van der Waals surface area contributed by atoms with Gasteiger partial charge in [0.25, 0.3) is 0 Å². The highest BCUT2D eigenvalue weighted by Crippen LogP contribution is 2.39. The second kappa shape index (κ2) is 12.3. The van der Waals surface area contributed by atoms with Crippen molar-refractivity contribution in [3.05, 3.63) is 71.6 Å². The average molecular weight is 518 g/mol. The standard InChI is InChI=1S/C27H34F3N5O2/c1-27(2,3)24(34(23(36)17-37-4)13-12-20(31)15-28)26-32-25(21-14-19(29)10-11-22(21)30)33-35(26)16-18-8-6-5-7-9-18/h5-11,14,20,24H,12-13,15-17,31H2,1-4H3/t20-,24?/m0/s1. The van der Waals surface area contributed by atoms with Crippen LogP contribution in [0.25, 0.3) is 11.4 Å². The van der Waals surface area contributed by atoms with Crippen molar-refractivity contribution >= 4 is 5.91 Å². The number of methoxy groups -OCH3 is 1. The molecule has 1 amide bonds. The summed E-state index contributed by atoms with van der Waals surface area (Å²) in [6.07, 6.45) is 0.219. The van der Waals surface area contributed by atoms with Gasteiger partial charge in [0.1, 0.15) is 24.9 Å². The van der Waals surface area contributed by atoms with E-state index >= 15 is 0 Å². The molecule has 0 fully saturated rings. The maximum Gasteiger partial charge on any atom is 0.249 e. The minimum absolute atomic E-state index is 0.00298. The number of rotatable bonds is 11. The molecule has 200 valence electrons. The van der Waals surface area contributed by atoms with Gasteiger partial charge in [-0.2, -0.15) is 5.10 Å². The first kappa shape index (κ1) is 28.3. The number of nitrogens with zero attached hydrogens (tertiary/aromatic N) is 4. The summed E-state index contributed by atoms with van der Waals surface area (Å²) < 4.78 is 48.6. The molecule has 2 atom stereocenters. The fourth-order valence-electron chi connectivity index (χ4n) is 4.19. The minimum Gasteiger partial charge on any atom is -0.375 e. The molecule has 0 aliphatic carbocycles. The zero-order valence-electron chi connectivity index (χ0n) is 21.6. The van der Waals surface area contributed by atoms with Gasteiger partial charge in [-0.15, -0.1) is 0 Å². The molecule has 0 saturated carbocycles. The Morgan fingerprint density at radius 3 is 2.49 bits per heavy atom. The van der Waals surface area contributed by atoms with Crippen molar-refractivity contribution in [1.29, 1.82) is 0 Å². The van der Waals surface area contributed by atoms with Crippen LogP contribution in [0.4, 0.5) is 13.2 Å². The molecule has 1 heterocycles. The summed E-state index contributed by atoms with van der Waals surface area (Å²) >= 11 is 0. The molecule has 2 N–H and O–H groups in total. The van der Waals surface area contributed by atoms with Crippen LogP contribution in [0.3, 0.4) is 0 Å². The normalized spacial score (nSPS) is 13.4. The third-order valence-corrected chi connectivity index (χ3v) is 5.95. The van der Waals surface area contributed by atoms with Gasteiger partial charge in [0, 0.05) is 19.7 Å². The summed E-state index contributed by atoms with van der Waals surface area (Å²) in [6, 6.07) is 11.2. The van der Waals surface area contributed by atoms with Gasteiger partial charge >= 0.3 is 0 Å². The van der Waals surface area contributed by atoms with E-state index in [1.807, 2.05) is 51.1 Å². The monoisotopic (exact) mass is 517 g/mol. The molecule has 0 bridgehead atoms. The van der Waals surface area contributed by atoms with Crippen LogP contribution in [0.1, 0.15) is 44.6 Å². The van der Waals surface area contributed by atoms with Crippen molar-refractivity contribution in [2.24, 2.45) is 11.1 Å². The summed E-state index contributed by atoms with van der Waals surface area (Å²) in [4.78, 5) is 19.5. The van der Waals surface area contributed by atoms with E-state index in [2.05, 4.69) is 10.1 Å². The van der Waals surface area contributed by atoms with Crippen molar-refractivity contribution in [2.45, 2.75) is 45.8 Å². The lowest BCUT2D eigenvalue weighted by molar-refractivity contribution is -0.140. The molecule has 2 aromatic carbocycles. The molecule has 3 aromatic rings. The van der Waals surface area contributed by atoms with Gasteiger partial charge in [-0.05, 0) is 35.6 Å². The van der Waals surface area contributed by atoms with Crippen molar-refractivity contribution in [2.75, 3.05) is 26.9 Å². The lowest BCUT2D eigenvalue weighted by Gasteiger charge is -2.40. The highest BCUT2D eigenvalue weighted by molar-refractivity contribution is 5.78.